The molecule has 0 aliphatic carbocycles. The van der Waals surface area contributed by atoms with E-state index in [0.29, 0.717) is 25.8 Å². The van der Waals surface area contributed by atoms with Crippen LogP contribution in [0.4, 0.5) is 0 Å². The van der Waals surface area contributed by atoms with Crippen LogP contribution in [0.25, 0.3) is 0 Å². The van der Waals surface area contributed by atoms with Crippen LogP contribution in [0.15, 0.2) is 12.2 Å². The summed E-state index contributed by atoms with van der Waals surface area (Å²) in [5.74, 6) is -4.96. The van der Waals surface area contributed by atoms with Gasteiger partial charge >= 0.3 is 11.9 Å². The van der Waals surface area contributed by atoms with Gasteiger partial charge in [0.15, 0.2) is 0 Å². The normalized spacial score (nSPS) is 15.3. The summed E-state index contributed by atoms with van der Waals surface area (Å²) in [5.41, 5.74) is 0. The first-order valence-corrected chi connectivity index (χ1v) is 17.8. The van der Waals surface area contributed by atoms with Gasteiger partial charge in [0.05, 0.1) is 32.1 Å². The van der Waals surface area contributed by atoms with Crippen molar-refractivity contribution in [3.05, 3.63) is 12.2 Å². The Balaban J connectivity index is 4.67. The minimum absolute atomic E-state index is 0.214. The van der Waals surface area contributed by atoms with Gasteiger partial charge in [-0.25, -0.2) is 0 Å². The molecule has 0 fully saturated rings. The Labute approximate surface area is 264 Å². The predicted octanol–water partition coefficient (Wildman–Crippen LogP) is 8.01. The molecular weight excluding hydrogens is 542 g/mol. The second-order valence-electron chi connectivity index (χ2n) is 12.9. The van der Waals surface area contributed by atoms with Crippen LogP contribution < -0.4 is 5.11 Å². The Morgan fingerprint density at radius 3 is 1.26 bits per heavy atom. The maximum absolute atomic E-state index is 12.0. The third kappa shape index (κ3) is 20.7. The van der Waals surface area contributed by atoms with Gasteiger partial charge in [-0.05, 0) is 57.8 Å². The molecule has 7 nitrogen and oxygen atoms in total. The zero-order valence-electron chi connectivity index (χ0n) is 28.3. The van der Waals surface area contributed by atoms with Crippen molar-refractivity contribution in [2.24, 2.45) is 17.8 Å². The van der Waals surface area contributed by atoms with Crippen LogP contribution in [-0.4, -0.2) is 58.8 Å². The van der Waals surface area contributed by atoms with Gasteiger partial charge in [0.2, 0.25) is 0 Å². The lowest BCUT2D eigenvalue weighted by atomic mass is 9.95. The standard InChI is InChI=1S/C36H67NO6/c1-5-9-10-11-12-13-14-15-16-17-18-19-20-21-22-23-24-25-26-27-37(28-31(6-2)34(38)39,29-32(7-3)35(40)41)30-33(8-4)36(42)43/h18-19,31-33H,5-17,20-30H2,1-4H3,(H2-,38,39,40,41,42,43)/b19-18+. The molecule has 0 bridgehead atoms. The molecule has 0 aliphatic rings. The number of carboxylic acids is 3. The van der Waals surface area contributed by atoms with Crippen molar-refractivity contribution in [3.63, 3.8) is 0 Å². The van der Waals surface area contributed by atoms with Crippen molar-refractivity contribution in [3.8, 4) is 0 Å². The summed E-state index contributed by atoms with van der Waals surface area (Å²) >= 11 is 0. The van der Waals surface area contributed by atoms with E-state index in [-0.39, 0.29) is 24.1 Å². The van der Waals surface area contributed by atoms with Gasteiger partial charge in [0, 0.05) is 5.92 Å². The van der Waals surface area contributed by atoms with Crippen molar-refractivity contribution < 1.29 is 34.2 Å². The molecule has 0 radical (unpaired) electrons. The summed E-state index contributed by atoms with van der Waals surface area (Å²) in [7, 11) is 0. The number of rotatable bonds is 31. The molecule has 3 unspecified atom stereocenters. The smallest absolute Gasteiger partial charge is 0.312 e. The molecular formula is C36H67NO6. The second kappa shape index (κ2) is 26.5. The SMILES string of the molecule is CCCCCCCCCCC/C=C/CCCCCCCC[N+](CC(CC)C(=O)[O-])(CC(CC)C(=O)O)CC(CC)C(=O)O. The minimum Gasteiger partial charge on any atom is -0.550 e. The highest BCUT2D eigenvalue weighted by Gasteiger charge is 2.39. The number of nitrogens with zero attached hydrogens (tertiary/aromatic N) is 1. The molecule has 0 spiro atoms. The first kappa shape index (κ1) is 41.1. The van der Waals surface area contributed by atoms with Crippen LogP contribution >= 0.6 is 0 Å². The Hall–Kier alpha value is -1.89. The quantitative estimate of drug-likeness (QED) is 0.0467. The second-order valence-corrected chi connectivity index (χ2v) is 12.9. The molecule has 0 heterocycles. The number of carbonyl (C=O) groups is 3. The monoisotopic (exact) mass is 609 g/mol. The summed E-state index contributed by atoms with van der Waals surface area (Å²) in [5, 5.41) is 31.5. The lowest BCUT2D eigenvalue weighted by Gasteiger charge is -2.44. The van der Waals surface area contributed by atoms with E-state index in [9.17, 15) is 29.7 Å². The van der Waals surface area contributed by atoms with E-state index < -0.39 is 35.7 Å². The molecule has 3 atom stereocenters. The van der Waals surface area contributed by atoms with E-state index >= 15 is 0 Å². The summed E-state index contributed by atoms with van der Waals surface area (Å²) < 4.78 is 0.214. The summed E-state index contributed by atoms with van der Waals surface area (Å²) in [4.78, 5) is 35.8. The molecule has 0 saturated heterocycles. The molecule has 2 N–H and O–H groups in total. The fourth-order valence-electron chi connectivity index (χ4n) is 6.26. The molecule has 252 valence electrons. The van der Waals surface area contributed by atoms with Crippen LogP contribution in [0.1, 0.15) is 156 Å². The predicted molar refractivity (Wildman–Crippen MR) is 175 cm³/mol. The number of hydrogen-bond acceptors (Lipinski definition) is 4. The number of aliphatic carboxylic acids is 3. The number of hydrogen-bond donors (Lipinski definition) is 2. The molecule has 43 heavy (non-hydrogen) atoms. The Kier molecular flexibility index (Phi) is 25.3. The maximum atomic E-state index is 12.0. The number of quaternary nitrogens is 1. The lowest BCUT2D eigenvalue weighted by Crippen LogP contribution is -2.59. The van der Waals surface area contributed by atoms with Crippen molar-refractivity contribution in [2.45, 2.75) is 156 Å². The third-order valence-corrected chi connectivity index (χ3v) is 9.23. The number of unbranched alkanes of at least 4 members (excludes halogenated alkanes) is 15. The fourth-order valence-corrected chi connectivity index (χ4v) is 6.26. The van der Waals surface area contributed by atoms with Crippen molar-refractivity contribution in [2.75, 3.05) is 26.2 Å². The van der Waals surface area contributed by atoms with Crippen LogP contribution in [0.3, 0.4) is 0 Å². The molecule has 0 aromatic carbocycles. The van der Waals surface area contributed by atoms with Gasteiger partial charge in [-0.1, -0.05) is 110 Å². The van der Waals surface area contributed by atoms with E-state index in [1.165, 1.54) is 77.0 Å². The molecule has 0 rings (SSSR count). The highest BCUT2D eigenvalue weighted by molar-refractivity contribution is 5.70. The molecule has 7 heteroatoms. The third-order valence-electron chi connectivity index (χ3n) is 9.23. The first-order valence-electron chi connectivity index (χ1n) is 17.8. The lowest BCUT2D eigenvalue weighted by molar-refractivity contribution is -0.935. The number of carboxylic acid groups (broad SMARTS) is 3. The zero-order valence-corrected chi connectivity index (χ0v) is 28.3. The molecule has 0 aromatic rings. The fraction of sp³-hybridized carbons (Fsp3) is 0.861. The zero-order chi connectivity index (χ0) is 32.3. The molecule has 0 aromatic heterocycles. The van der Waals surface area contributed by atoms with Crippen LogP contribution in [0, 0.1) is 17.8 Å². The van der Waals surface area contributed by atoms with Crippen molar-refractivity contribution in [1.82, 2.24) is 0 Å². The van der Waals surface area contributed by atoms with E-state index in [1.54, 1.807) is 6.92 Å². The first-order chi connectivity index (χ1) is 20.7. The molecule has 0 amide bonds. The van der Waals surface area contributed by atoms with E-state index in [2.05, 4.69) is 19.1 Å². The number of carbonyl (C=O) groups excluding carboxylic acids is 1. The number of allylic oxidation sites excluding steroid dienone is 2. The Bertz CT molecular complexity index is 692. The summed E-state index contributed by atoms with van der Waals surface area (Å²) in [6.07, 6.45) is 26.9. The Morgan fingerprint density at radius 2 is 0.907 bits per heavy atom. The highest BCUT2D eigenvalue weighted by atomic mass is 16.4. The maximum Gasteiger partial charge on any atom is 0.312 e. The summed E-state index contributed by atoms with van der Waals surface area (Å²) in [6.45, 7) is 9.03. The molecule has 0 saturated carbocycles. The van der Waals surface area contributed by atoms with Gasteiger partial charge in [-0.3, -0.25) is 9.59 Å². The topological polar surface area (TPSA) is 115 Å². The molecule has 0 aliphatic heterocycles. The van der Waals surface area contributed by atoms with Crippen LogP contribution in [-0.2, 0) is 14.4 Å². The van der Waals surface area contributed by atoms with Gasteiger partial charge in [-0.2, -0.15) is 0 Å². The van der Waals surface area contributed by atoms with Gasteiger partial charge in [0.1, 0.15) is 11.8 Å². The van der Waals surface area contributed by atoms with Crippen molar-refractivity contribution in [1.29, 1.82) is 0 Å². The van der Waals surface area contributed by atoms with Gasteiger partial charge in [0.25, 0.3) is 0 Å². The van der Waals surface area contributed by atoms with E-state index in [4.69, 9.17) is 0 Å². The van der Waals surface area contributed by atoms with Crippen LogP contribution in [0.2, 0.25) is 0 Å². The largest absolute Gasteiger partial charge is 0.550 e. The van der Waals surface area contributed by atoms with E-state index in [1.807, 2.05) is 13.8 Å². The average molecular weight is 610 g/mol. The van der Waals surface area contributed by atoms with Crippen molar-refractivity contribution >= 4 is 17.9 Å². The summed E-state index contributed by atoms with van der Waals surface area (Å²) in [6, 6.07) is 0. The Morgan fingerprint density at radius 1 is 0.558 bits per heavy atom. The van der Waals surface area contributed by atoms with Gasteiger partial charge in [-0.15, -0.1) is 0 Å². The van der Waals surface area contributed by atoms with E-state index in [0.717, 1.165) is 32.1 Å². The minimum atomic E-state index is -1.14. The van der Waals surface area contributed by atoms with Crippen LogP contribution in [0.5, 0.6) is 0 Å². The van der Waals surface area contributed by atoms with Gasteiger partial charge < -0.3 is 24.6 Å². The average Bonchev–Trinajstić information content (AvgIpc) is 2.98. The highest BCUT2D eigenvalue weighted by Crippen LogP contribution is 2.25.